The fourth-order valence-electron chi connectivity index (χ4n) is 1.93. The van der Waals surface area contributed by atoms with E-state index < -0.39 is 11.5 Å². The summed E-state index contributed by atoms with van der Waals surface area (Å²) in [6, 6.07) is 5.34. The molecule has 0 saturated carbocycles. The van der Waals surface area contributed by atoms with Crippen LogP contribution in [0.15, 0.2) is 29.2 Å². The summed E-state index contributed by atoms with van der Waals surface area (Å²) in [4.78, 5) is 16.8. The van der Waals surface area contributed by atoms with Crippen LogP contribution in [0.1, 0.15) is 5.56 Å². The zero-order valence-corrected chi connectivity index (χ0v) is 8.87. The van der Waals surface area contributed by atoms with Gasteiger partial charge in [0.15, 0.2) is 5.82 Å². The first-order chi connectivity index (χ1) is 8.24. The second kappa shape index (κ2) is 3.69. The molecule has 0 unspecified atom stereocenters. The van der Waals surface area contributed by atoms with E-state index in [1.165, 1.54) is 0 Å². The van der Waals surface area contributed by atoms with E-state index in [0.29, 0.717) is 12.2 Å². The predicted octanol–water partition coefficient (Wildman–Crippen LogP) is 1.51. The molecule has 2 aromatic rings. The van der Waals surface area contributed by atoms with Gasteiger partial charge in [-0.05, 0) is 23.8 Å². The predicted molar refractivity (Wildman–Crippen MR) is 59.5 cm³/mol. The molecule has 0 atom stereocenters. The molecule has 0 radical (unpaired) electrons. The van der Waals surface area contributed by atoms with Gasteiger partial charge in [0.05, 0.1) is 18.5 Å². The Bertz CT molecular complexity index is 637. The van der Waals surface area contributed by atoms with Crippen molar-refractivity contribution in [1.82, 2.24) is 9.97 Å². The van der Waals surface area contributed by atoms with Gasteiger partial charge < -0.3 is 9.72 Å². The lowest BCUT2D eigenvalue weighted by Crippen LogP contribution is -2.11. The van der Waals surface area contributed by atoms with Gasteiger partial charge in [-0.2, -0.15) is 4.98 Å². The normalized spacial score (nSPS) is 13.2. The summed E-state index contributed by atoms with van der Waals surface area (Å²) in [7, 11) is 0. The number of aromatic amines is 1. The van der Waals surface area contributed by atoms with Gasteiger partial charge in [-0.1, -0.05) is 0 Å². The molecule has 0 fully saturated rings. The fourth-order valence-corrected chi connectivity index (χ4v) is 1.93. The quantitative estimate of drug-likeness (QED) is 0.810. The molecule has 0 aliphatic carbocycles. The first-order valence-electron chi connectivity index (χ1n) is 5.25. The van der Waals surface area contributed by atoms with Crippen molar-refractivity contribution in [2.75, 3.05) is 6.61 Å². The summed E-state index contributed by atoms with van der Waals surface area (Å²) >= 11 is 0. The van der Waals surface area contributed by atoms with Crippen molar-refractivity contribution >= 4 is 0 Å². The topological polar surface area (TPSA) is 55.0 Å². The van der Waals surface area contributed by atoms with Crippen LogP contribution in [-0.4, -0.2) is 16.6 Å². The van der Waals surface area contributed by atoms with E-state index in [0.717, 1.165) is 23.9 Å². The number of hydrogen-bond acceptors (Lipinski definition) is 3. The van der Waals surface area contributed by atoms with Gasteiger partial charge in [-0.25, -0.2) is 9.18 Å². The van der Waals surface area contributed by atoms with Crippen molar-refractivity contribution in [2.45, 2.75) is 6.42 Å². The molecule has 1 N–H and O–H groups in total. The van der Waals surface area contributed by atoms with Crippen LogP contribution in [0.4, 0.5) is 4.39 Å². The monoisotopic (exact) mass is 232 g/mol. The van der Waals surface area contributed by atoms with Gasteiger partial charge in [0.1, 0.15) is 5.75 Å². The number of benzene rings is 1. The Labute approximate surface area is 96.1 Å². The van der Waals surface area contributed by atoms with Crippen molar-refractivity contribution in [3.8, 4) is 17.0 Å². The van der Waals surface area contributed by atoms with Crippen LogP contribution >= 0.6 is 0 Å². The number of hydrogen-bond donors (Lipinski definition) is 1. The van der Waals surface area contributed by atoms with E-state index in [9.17, 15) is 9.18 Å². The van der Waals surface area contributed by atoms with E-state index in [1.54, 1.807) is 12.1 Å². The molecule has 1 aliphatic rings. The third kappa shape index (κ3) is 1.69. The minimum atomic E-state index is -0.557. The number of nitrogens with one attached hydrogen (secondary N) is 1. The summed E-state index contributed by atoms with van der Waals surface area (Å²) < 4.78 is 18.9. The van der Waals surface area contributed by atoms with Crippen molar-refractivity contribution in [3.05, 3.63) is 46.3 Å². The number of H-pyrrole nitrogens is 1. The highest BCUT2D eigenvalue weighted by molar-refractivity contribution is 5.62. The SMILES string of the molecule is O=c1ncc(F)c(-c2ccc3c(c2)CCO3)[nH]1. The van der Waals surface area contributed by atoms with E-state index in [4.69, 9.17) is 4.74 Å². The Morgan fingerprint density at radius 3 is 3.18 bits per heavy atom. The molecule has 0 saturated heterocycles. The van der Waals surface area contributed by atoms with Crippen molar-refractivity contribution < 1.29 is 9.13 Å². The van der Waals surface area contributed by atoms with Gasteiger partial charge in [-0.15, -0.1) is 0 Å². The Morgan fingerprint density at radius 1 is 1.41 bits per heavy atom. The van der Waals surface area contributed by atoms with Crippen LogP contribution < -0.4 is 10.4 Å². The van der Waals surface area contributed by atoms with Crippen molar-refractivity contribution in [1.29, 1.82) is 0 Å². The van der Waals surface area contributed by atoms with E-state index in [1.807, 2.05) is 6.07 Å². The summed E-state index contributed by atoms with van der Waals surface area (Å²) in [5, 5.41) is 0. The zero-order chi connectivity index (χ0) is 11.8. The second-order valence-corrected chi connectivity index (χ2v) is 3.83. The van der Waals surface area contributed by atoms with Gasteiger partial charge in [0.2, 0.25) is 0 Å². The maximum Gasteiger partial charge on any atom is 0.345 e. The van der Waals surface area contributed by atoms with Crippen LogP contribution in [0, 0.1) is 5.82 Å². The Kier molecular flexibility index (Phi) is 2.18. The molecule has 0 amide bonds. The molecule has 86 valence electrons. The minimum absolute atomic E-state index is 0.166. The van der Waals surface area contributed by atoms with Crippen LogP contribution in [0.5, 0.6) is 5.75 Å². The molecular weight excluding hydrogens is 223 g/mol. The van der Waals surface area contributed by atoms with Crippen LogP contribution in [0.3, 0.4) is 0 Å². The van der Waals surface area contributed by atoms with Gasteiger partial charge in [0.25, 0.3) is 0 Å². The van der Waals surface area contributed by atoms with Crippen molar-refractivity contribution in [3.63, 3.8) is 0 Å². The number of rotatable bonds is 1. The first-order valence-corrected chi connectivity index (χ1v) is 5.25. The van der Waals surface area contributed by atoms with E-state index in [2.05, 4.69) is 9.97 Å². The molecule has 4 nitrogen and oxygen atoms in total. The molecule has 1 aromatic heterocycles. The summed E-state index contributed by atoms with van der Waals surface area (Å²) in [5.74, 6) is 0.286. The van der Waals surface area contributed by atoms with Gasteiger partial charge in [-0.3, -0.25) is 0 Å². The van der Waals surface area contributed by atoms with Crippen LogP contribution in [0.2, 0.25) is 0 Å². The average molecular weight is 232 g/mol. The fraction of sp³-hybridized carbons (Fsp3) is 0.167. The average Bonchev–Trinajstić information content (AvgIpc) is 2.79. The molecule has 5 heteroatoms. The maximum atomic E-state index is 13.5. The van der Waals surface area contributed by atoms with E-state index in [-0.39, 0.29) is 5.69 Å². The van der Waals surface area contributed by atoms with Crippen molar-refractivity contribution in [2.24, 2.45) is 0 Å². The lowest BCUT2D eigenvalue weighted by Gasteiger charge is -2.04. The number of ether oxygens (including phenoxy) is 1. The summed E-state index contributed by atoms with van der Waals surface area (Å²) in [5.41, 5.74) is 1.27. The third-order valence-electron chi connectivity index (χ3n) is 2.74. The highest BCUT2D eigenvalue weighted by Gasteiger charge is 2.14. The minimum Gasteiger partial charge on any atom is -0.493 e. The summed E-state index contributed by atoms with van der Waals surface area (Å²) in [6.45, 7) is 0.647. The lowest BCUT2D eigenvalue weighted by molar-refractivity contribution is 0.357. The molecule has 3 rings (SSSR count). The van der Waals surface area contributed by atoms with Gasteiger partial charge in [0, 0.05) is 12.0 Å². The van der Waals surface area contributed by atoms with Crippen LogP contribution in [0.25, 0.3) is 11.3 Å². The number of nitrogens with zero attached hydrogens (tertiary/aromatic N) is 1. The number of fused-ring (bicyclic) bond motifs is 1. The second-order valence-electron chi connectivity index (χ2n) is 3.83. The molecule has 1 aliphatic heterocycles. The van der Waals surface area contributed by atoms with Crippen LogP contribution in [-0.2, 0) is 6.42 Å². The lowest BCUT2D eigenvalue weighted by atomic mass is 10.1. The molecule has 2 heterocycles. The highest BCUT2D eigenvalue weighted by atomic mass is 19.1. The molecule has 0 spiro atoms. The molecular formula is C12H9FN2O2. The standard InChI is InChI=1S/C12H9FN2O2/c13-9-6-14-12(16)15-11(9)8-1-2-10-7(5-8)3-4-17-10/h1-2,5-6H,3-4H2,(H,14,15,16). The number of halogens is 1. The van der Waals surface area contributed by atoms with Gasteiger partial charge >= 0.3 is 5.69 Å². The molecule has 1 aromatic carbocycles. The zero-order valence-electron chi connectivity index (χ0n) is 8.87. The van der Waals surface area contributed by atoms with E-state index >= 15 is 0 Å². The highest BCUT2D eigenvalue weighted by Crippen LogP contribution is 2.30. The largest absolute Gasteiger partial charge is 0.493 e. The Morgan fingerprint density at radius 2 is 2.29 bits per heavy atom. The first kappa shape index (κ1) is 10.0. The molecule has 0 bridgehead atoms. The Balaban J connectivity index is 2.15. The number of aromatic nitrogens is 2. The summed E-state index contributed by atoms with van der Waals surface area (Å²) in [6.07, 6.45) is 1.73. The molecule has 17 heavy (non-hydrogen) atoms. The maximum absolute atomic E-state index is 13.5. The smallest absolute Gasteiger partial charge is 0.345 e. The Hall–Kier alpha value is -2.17. The third-order valence-corrected chi connectivity index (χ3v) is 2.74.